The van der Waals surface area contributed by atoms with Crippen molar-refractivity contribution >= 4 is 5.97 Å². The normalized spacial score (nSPS) is 21.3. The molecule has 1 aromatic carbocycles. The Balaban J connectivity index is 1.66. The van der Waals surface area contributed by atoms with Gasteiger partial charge in [0.25, 0.3) is 0 Å². The van der Waals surface area contributed by atoms with Gasteiger partial charge in [-0.05, 0) is 43.7 Å². The number of aliphatic carboxylic acids is 1. The standard InChI is InChI=1S/C17H19N3O3/c1-17(15(21)22)6-9-20(12-17)11-13-4-2-5-14(10-13)23-16-18-7-3-8-19-16/h2-5,7-8,10H,6,9,11-12H2,1H3,(H,21,22). The summed E-state index contributed by atoms with van der Waals surface area (Å²) in [5.41, 5.74) is 0.430. The zero-order chi connectivity index (χ0) is 16.3. The molecule has 2 aromatic rings. The van der Waals surface area contributed by atoms with Gasteiger partial charge in [-0.1, -0.05) is 12.1 Å². The molecule has 3 rings (SSSR count). The van der Waals surface area contributed by atoms with Crippen LogP contribution in [0.1, 0.15) is 18.9 Å². The first kappa shape index (κ1) is 15.4. The first-order valence-electron chi connectivity index (χ1n) is 7.55. The van der Waals surface area contributed by atoms with E-state index in [1.165, 1.54) is 0 Å². The third-order valence-corrected chi connectivity index (χ3v) is 4.12. The van der Waals surface area contributed by atoms with Gasteiger partial charge in [-0.15, -0.1) is 0 Å². The van der Waals surface area contributed by atoms with Gasteiger partial charge in [0, 0.05) is 25.5 Å². The smallest absolute Gasteiger partial charge is 0.321 e. The lowest BCUT2D eigenvalue weighted by Gasteiger charge is -2.20. The van der Waals surface area contributed by atoms with Gasteiger partial charge in [0.05, 0.1) is 5.41 Å². The van der Waals surface area contributed by atoms with Crippen molar-refractivity contribution in [1.82, 2.24) is 14.9 Å². The molecule has 0 radical (unpaired) electrons. The van der Waals surface area contributed by atoms with Crippen LogP contribution in [0.25, 0.3) is 0 Å². The van der Waals surface area contributed by atoms with E-state index in [1.807, 2.05) is 31.2 Å². The van der Waals surface area contributed by atoms with Crippen molar-refractivity contribution < 1.29 is 14.6 Å². The van der Waals surface area contributed by atoms with Gasteiger partial charge in [-0.25, -0.2) is 9.97 Å². The van der Waals surface area contributed by atoms with E-state index in [0.717, 1.165) is 12.1 Å². The molecule has 1 fully saturated rings. The topological polar surface area (TPSA) is 75.5 Å². The van der Waals surface area contributed by atoms with Gasteiger partial charge >= 0.3 is 12.0 Å². The average Bonchev–Trinajstić information content (AvgIpc) is 2.91. The molecule has 120 valence electrons. The van der Waals surface area contributed by atoms with Crippen LogP contribution in [0.15, 0.2) is 42.7 Å². The summed E-state index contributed by atoms with van der Waals surface area (Å²) in [4.78, 5) is 21.5. The first-order valence-corrected chi connectivity index (χ1v) is 7.55. The Morgan fingerprint density at radius 1 is 1.35 bits per heavy atom. The molecule has 1 atom stereocenters. The highest BCUT2D eigenvalue weighted by Crippen LogP contribution is 2.31. The molecule has 6 nitrogen and oxygen atoms in total. The molecule has 0 aliphatic carbocycles. The molecule has 1 unspecified atom stereocenters. The van der Waals surface area contributed by atoms with Gasteiger partial charge < -0.3 is 9.84 Å². The summed E-state index contributed by atoms with van der Waals surface area (Å²) in [6.45, 7) is 3.86. The van der Waals surface area contributed by atoms with Gasteiger partial charge in [-0.3, -0.25) is 9.69 Å². The highest BCUT2D eigenvalue weighted by Gasteiger charge is 2.40. The molecule has 1 aliphatic heterocycles. The van der Waals surface area contributed by atoms with Crippen LogP contribution in [0, 0.1) is 5.41 Å². The second-order valence-electron chi connectivity index (χ2n) is 6.11. The van der Waals surface area contributed by atoms with Crippen LogP contribution in [0.2, 0.25) is 0 Å². The Morgan fingerprint density at radius 2 is 2.13 bits per heavy atom. The summed E-state index contributed by atoms with van der Waals surface area (Å²) in [6.07, 6.45) is 3.93. The summed E-state index contributed by atoms with van der Waals surface area (Å²) in [7, 11) is 0. The predicted octanol–water partition coefficient (Wildman–Crippen LogP) is 2.57. The maximum atomic E-state index is 11.3. The van der Waals surface area contributed by atoms with Crippen LogP contribution >= 0.6 is 0 Å². The predicted molar refractivity (Wildman–Crippen MR) is 84.2 cm³/mol. The van der Waals surface area contributed by atoms with Crippen molar-refractivity contribution in [3.05, 3.63) is 48.3 Å². The van der Waals surface area contributed by atoms with Crippen LogP contribution in [-0.4, -0.2) is 39.0 Å². The van der Waals surface area contributed by atoms with E-state index in [9.17, 15) is 9.90 Å². The van der Waals surface area contributed by atoms with E-state index in [-0.39, 0.29) is 0 Å². The number of rotatable bonds is 5. The number of carboxylic acid groups (broad SMARTS) is 1. The molecular formula is C17H19N3O3. The SMILES string of the molecule is CC1(C(=O)O)CCN(Cc2cccc(Oc3ncccn3)c2)C1. The third-order valence-electron chi connectivity index (χ3n) is 4.12. The molecule has 1 N–H and O–H groups in total. The summed E-state index contributed by atoms with van der Waals surface area (Å²) in [5, 5.41) is 9.30. The number of carboxylic acids is 1. The van der Waals surface area contributed by atoms with Crippen molar-refractivity contribution in [3.8, 4) is 11.8 Å². The fourth-order valence-corrected chi connectivity index (χ4v) is 2.78. The maximum Gasteiger partial charge on any atom is 0.321 e. The largest absolute Gasteiger partial charge is 0.481 e. The lowest BCUT2D eigenvalue weighted by molar-refractivity contribution is -0.147. The molecule has 0 saturated carbocycles. The lowest BCUT2D eigenvalue weighted by Crippen LogP contribution is -2.31. The Labute approximate surface area is 134 Å². The Bertz CT molecular complexity index is 692. The number of ether oxygens (including phenoxy) is 1. The molecule has 23 heavy (non-hydrogen) atoms. The molecule has 1 saturated heterocycles. The minimum atomic E-state index is -0.724. The fourth-order valence-electron chi connectivity index (χ4n) is 2.78. The van der Waals surface area contributed by atoms with Crippen molar-refractivity contribution in [3.63, 3.8) is 0 Å². The van der Waals surface area contributed by atoms with Crippen molar-refractivity contribution in [1.29, 1.82) is 0 Å². The summed E-state index contributed by atoms with van der Waals surface area (Å²) < 4.78 is 5.63. The van der Waals surface area contributed by atoms with Crippen LogP contribution < -0.4 is 4.74 Å². The van der Waals surface area contributed by atoms with Gasteiger partial charge in [-0.2, -0.15) is 0 Å². The Hall–Kier alpha value is -2.47. The number of hydrogen-bond acceptors (Lipinski definition) is 5. The van der Waals surface area contributed by atoms with Crippen LogP contribution in [0.3, 0.4) is 0 Å². The van der Waals surface area contributed by atoms with Crippen molar-refractivity contribution in [2.75, 3.05) is 13.1 Å². The summed E-state index contributed by atoms with van der Waals surface area (Å²) in [5.74, 6) is -0.0489. The highest BCUT2D eigenvalue weighted by molar-refractivity contribution is 5.74. The van der Waals surface area contributed by atoms with E-state index < -0.39 is 11.4 Å². The maximum absolute atomic E-state index is 11.3. The van der Waals surface area contributed by atoms with Crippen molar-refractivity contribution in [2.45, 2.75) is 19.9 Å². The molecular weight excluding hydrogens is 294 g/mol. The van der Waals surface area contributed by atoms with Gasteiger partial charge in [0.15, 0.2) is 0 Å². The molecule has 0 spiro atoms. The van der Waals surface area contributed by atoms with E-state index in [1.54, 1.807) is 18.5 Å². The minimum Gasteiger partial charge on any atom is -0.481 e. The number of hydrogen-bond donors (Lipinski definition) is 1. The third kappa shape index (κ3) is 3.65. The molecule has 1 aliphatic rings. The monoisotopic (exact) mass is 313 g/mol. The second-order valence-corrected chi connectivity index (χ2v) is 6.11. The molecule has 0 bridgehead atoms. The van der Waals surface area contributed by atoms with Crippen LogP contribution in [0.5, 0.6) is 11.8 Å². The van der Waals surface area contributed by atoms with E-state index in [4.69, 9.17) is 4.74 Å². The van der Waals surface area contributed by atoms with Gasteiger partial charge in [0.1, 0.15) is 5.75 Å². The molecule has 6 heteroatoms. The summed E-state index contributed by atoms with van der Waals surface area (Å²) in [6, 6.07) is 9.76. The van der Waals surface area contributed by atoms with E-state index >= 15 is 0 Å². The van der Waals surface area contributed by atoms with E-state index in [0.29, 0.717) is 31.3 Å². The number of nitrogens with zero attached hydrogens (tertiary/aromatic N) is 3. The summed E-state index contributed by atoms with van der Waals surface area (Å²) >= 11 is 0. The Morgan fingerprint density at radius 3 is 2.83 bits per heavy atom. The van der Waals surface area contributed by atoms with Crippen molar-refractivity contribution in [2.24, 2.45) is 5.41 Å². The average molecular weight is 313 g/mol. The zero-order valence-electron chi connectivity index (χ0n) is 13.0. The number of likely N-dealkylation sites (tertiary alicyclic amines) is 1. The molecule has 2 heterocycles. The molecule has 1 aromatic heterocycles. The number of benzene rings is 1. The lowest BCUT2D eigenvalue weighted by atomic mass is 9.90. The van der Waals surface area contributed by atoms with E-state index in [2.05, 4.69) is 14.9 Å². The Kier molecular flexibility index (Phi) is 4.25. The number of aromatic nitrogens is 2. The van der Waals surface area contributed by atoms with Gasteiger partial charge in [0.2, 0.25) is 0 Å². The van der Waals surface area contributed by atoms with Crippen LogP contribution in [-0.2, 0) is 11.3 Å². The first-order chi connectivity index (χ1) is 11.0. The second kappa shape index (κ2) is 6.34. The zero-order valence-corrected chi connectivity index (χ0v) is 13.0. The van der Waals surface area contributed by atoms with Crippen LogP contribution in [0.4, 0.5) is 0 Å². The number of carbonyl (C=O) groups is 1. The highest BCUT2D eigenvalue weighted by atomic mass is 16.5. The molecule has 0 amide bonds. The quantitative estimate of drug-likeness (QED) is 0.914. The fraction of sp³-hybridized carbons (Fsp3) is 0.353. The minimum absolute atomic E-state index is 0.310.